The Hall–Kier alpha value is 0.627. The Morgan fingerprint density at radius 3 is 1.27 bits per heavy atom. The minimum atomic E-state index is 0. The SMILES string of the molecule is CCC1=[C-]CC=C1C.CCC1=[C-]CC=C1C.C[Si](C)=[Hf+2].[Cl-].[Cl-]. The Balaban J connectivity index is -0.000000249. The number of hydrogen-bond acceptors (Lipinski definition) is 0. The summed E-state index contributed by atoms with van der Waals surface area (Å²) >= 11 is 1.45. The summed E-state index contributed by atoms with van der Waals surface area (Å²) in [5, 5.41) is 0. The molecule has 0 aliphatic heterocycles. The van der Waals surface area contributed by atoms with Crippen LogP contribution >= 0.6 is 0 Å². The fourth-order valence-electron chi connectivity index (χ4n) is 1.99. The summed E-state index contributed by atoms with van der Waals surface area (Å²) in [6.07, 6.45) is 15.4. The molecule has 0 radical (unpaired) electrons. The summed E-state index contributed by atoms with van der Waals surface area (Å²) in [5.41, 5.74) is 5.92. The standard InChI is InChI=1S/2C8H11.C2H6Si.2ClH.Hf/c2*1-3-8-6-4-5-7(8)2;1-3-2;;;/h2*5H,3-4H2,1-2H3;1-2H3;2*1H;/q2*-1;;;;+2/p-2. The Labute approximate surface area is 165 Å². The van der Waals surface area contributed by atoms with Crippen molar-refractivity contribution in [1.29, 1.82) is 0 Å². The maximum absolute atomic E-state index is 3.28. The van der Waals surface area contributed by atoms with Crippen molar-refractivity contribution in [2.45, 2.75) is 66.5 Å². The van der Waals surface area contributed by atoms with E-state index in [0.29, 0.717) is 0 Å². The van der Waals surface area contributed by atoms with E-state index in [9.17, 15) is 0 Å². The molecule has 0 aromatic carbocycles. The Kier molecular flexibility index (Phi) is 20.6. The first kappa shape index (κ1) is 27.5. The molecule has 0 amide bonds. The maximum atomic E-state index is 3.28. The van der Waals surface area contributed by atoms with Crippen molar-refractivity contribution in [3.63, 3.8) is 0 Å². The fraction of sp³-hybridized carbons (Fsp3) is 0.556. The van der Waals surface area contributed by atoms with Gasteiger partial charge in [-0.25, -0.2) is 22.3 Å². The van der Waals surface area contributed by atoms with Gasteiger partial charge in [-0.2, -0.15) is 12.2 Å². The topological polar surface area (TPSA) is 0 Å². The van der Waals surface area contributed by atoms with Crippen molar-refractivity contribution in [2.24, 2.45) is 0 Å². The third-order valence-electron chi connectivity index (χ3n) is 3.11. The number of halogens is 2. The van der Waals surface area contributed by atoms with Gasteiger partial charge in [0.2, 0.25) is 0 Å². The van der Waals surface area contributed by atoms with Gasteiger partial charge in [-0.1, -0.05) is 26.7 Å². The summed E-state index contributed by atoms with van der Waals surface area (Å²) in [7, 11) is 0. The molecule has 0 nitrogen and oxygen atoms in total. The first-order valence-corrected chi connectivity index (χ1v) is 15.4. The molecule has 2 aliphatic rings. The normalized spacial score (nSPS) is 14.5. The molecule has 0 saturated carbocycles. The maximum Gasteiger partial charge on any atom is -1.00 e. The summed E-state index contributed by atoms with van der Waals surface area (Å²) in [6.45, 7) is 13.3. The number of allylic oxidation sites excluding steroid dienone is 8. The quantitative estimate of drug-likeness (QED) is 0.347. The van der Waals surface area contributed by atoms with Crippen LogP contribution in [0.3, 0.4) is 0 Å². The van der Waals surface area contributed by atoms with E-state index in [0.717, 1.165) is 25.7 Å². The van der Waals surface area contributed by atoms with Gasteiger partial charge >= 0.3 is 41.6 Å². The van der Waals surface area contributed by atoms with Gasteiger partial charge in [0.15, 0.2) is 0 Å². The van der Waals surface area contributed by atoms with Crippen LogP contribution in [0, 0.1) is 12.2 Å². The molecule has 124 valence electrons. The van der Waals surface area contributed by atoms with Gasteiger partial charge in [0.25, 0.3) is 0 Å². The smallest absolute Gasteiger partial charge is 1.00 e. The molecule has 0 fully saturated rings. The van der Waals surface area contributed by atoms with Crippen LogP contribution in [0.5, 0.6) is 0 Å². The van der Waals surface area contributed by atoms with Crippen LogP contribution in [0.4, 0.5) is 0 Å². The van der Waals surface area contributed by atoms with E-state index >= 15 is 0 Å². The van der Waals surface area contributed by atoms with Gasteiger partial charge < -0.3 is 24.8 Å². The fourth-order valence-corrected chi connectivity index (χ4v) is 1.99. The molecule has 0 aromatic rings. The average molecular weight is 522 g/mol. The molecule has 0 N–H and O–H groups in total. The monoisotopic (exact) mass is 522 g/mol. The zero-order valence-electron chi connectivity index (χ0n) is 14.7. The average Bonchev–Trinajstić information content (AvgIpc) is 2.97. The van der Waals surface area contributed by atoms with Crippen LogP contribution in [-0.2, 0) is 23.0 Å². The van der Waals surface area contributed by atoms with Crippen molar-refractivity contribution in [1.82, 2.24) is 0 Å². The van der Waals surface area contributed by atoms with E-state index in [2.05, 4.69) is 65.1 Å². The molecule has 2 rings (SSSR count). The largest absolute Gasteiger partial charge is 1.00 e. The predicted octanol–water partition coefficient (Wildman–Crippen LogP) is -0.256. The first-order valence-electron chi connectivity index (χ1n) is 7.47. The predicted molar refractivity (Wildman–Crippen MR) is 88.3 cm³/mol. The van der Waals surface area contributed by atoms with Crippen LogP contribution in [0.2, 0.25) is 13.1 Å². The van der Waals surface area contributed by atoms with E-state index in [1.54, 1.807) is 0 Å². The molecule has 0 aromatic heterocycles. The molecule has 0 spiro atoms. The summed E-state index contributed by atoms with van der Waals surface area (Å²) in [5.74, 6) is 0. The van der Waals surface area contributed by atoms with Crippen LogP contribution in [-0.4, -0.2) is 5.49 Å². The molecule has 0 unspecified atom stereocenters. The summed E-state index contributed by atoms with van der Waals surface area (Å²) < 4.78 is 0. The number of hydrogen-bond donors (Lipinski definition) is 0. The van der Waals surface area contributed by atoms with Gasteiger partial charge in [-0.3, -0.25) is 12.2 Å². The molecule has 22 heavy (non-hydrogen) atoms. The van der Waals surface area contributed by atoms with Gasteiger partial charge in [0.1, 0.15) is 0 Å². The van der Waals surface area contributed by atoms with Crippen molar-refractivity contribution < 1.29 is 47.8 Å². The molecule has 0 heterocycles. The molecular formula is C18H28Cl2HfSi-2. The van der Waals surface area contributed by atoms with Crippen LogP contribution in [0.15, 0.2) is 34.4 Å². The summed E-state index contributed by atoms with van der Waals surface area (Å²) in [4.78, 5) is 0. The summed E-state index contributed by atoms with van der Waals surface area (Å²) in [6, 6.07) is 0. The van der Waals surface area contributed by atoms with Gasteiger partial charge in [0, 0.05) is 0 Å². The van der Waals surface area contributed by atoms with Gasteiger partial charge in [-0.15, -0.1) is 26.7 Å². The molecular weight excluding hydrogens is 494 g/mol. The van der Waals surface area contributed by atoms with Crippen molar-refractivity contribution in [3.05, 3.63) is 46.6 Å². The molecule has 2 aliphatic carbocycles. The minimum absolute atomic E-state index is 0. The minimum Gasteiger partial charge on any atom is -1.00 e. The van der Waals surface area contributed by atoms with Crippen LogP contribution in [0.25, 0.3) is 0 Å². The van der Waals surface area contributed by atoms with Crippen molar-refractivity contribution >= 4 is 5.49 Å². The Bertz CT molecular complexity index is 406. The van der Waals surface area contributed by atoms with E-state index in [1.165, 1.54) is 45.3 Å². The second-order valence-corrected chi connectivity index (χ2v) is 18.0. The molecule has 0 atom stereocenters. The number of rotatable bonds is 2. The molecule has 0 bridgehead atoms. The zero-order valence-corrected chi connectivity index (χ0v) is 20.8. The molecule has 0 saturated heterocycles. The Morgan fingerprint density at radius 2 is 1.18 bits per heavy atom. The van der Waals surface area contributed by atoms with E-state index in [1.807, 2.05) is 0 Å². The van der Waals surface area contributed by atoms with Crippen LogP contribution in [0.1, 0.15) is 53.4 Å². The van der Waals surface area contributed by atoms with Gasteiger partial charge in [-0.05, 0) is 0 Å². The van der Waals surface area contributed by atoms with Crippen molar-refractivity contribution in [2.75, 3.05) is 0 Å². The van der Waals surface area contributed by atoms with Gasteiger partial charge in [0.05, 0.1) is 0 Å². The second kappa shape index (κ2) is 16.5. The Morgan fingerprint density at radius 1 is 0.909 bits per heavy atom. The second-order valence-electron chi connectivity index (χ2n) is 5.20. The zero-order chi connectivity index (χ0) is 15.5. The van der Waals surface area contributed by atoms with E-state index in [-0.39, 0.29) is 30.3 Å². The molecule has 4 heteroatoms. The third-order valence-corrected chi connectivity index (χ3v) is 3.11. The van der Waals surface area contributed by atoms with E-state index in [4.69, 9.17) is 0 Å². The van der Waals surface area contributed by atoms with Crippen LogP contribution < -0.4 is 24.8 Å². The van der Waals surface area contributed by atoms with E-state index < -0.39 is 0 Å². The van der Waals surface area contributed by atoms with Crippen molar-refractivity contribution in [3.8, 4) is 0 Å². The first-order chi connectivity index (χ1) is 9.42. The third kappa shape index (κ3) is 13.1.